The lowest BCUT2D eigenvalue weighted by atomic mass is 10.3. The van der Waals surface area contributed by atoms with E-state index in [1.54, 1.807) is 24.3 Å². The van der Waals surface area contributed by atoms with Gasteiger partial charge < -0.3 is 10.1 Å². The van der Waals surface area contributed by atoms with Crippen molar-refractivity contribution in [2.45, 2.75) is 6.54 Å². The topological polar surface area (TPSA) is 79.9 Å². The number of hydrogen-bond acceptors (Lipinski definition) is 4. The first kappa shape index (κ1) is 12.4. The van der Waals surface area contributed by atoms with E-state index in [0.29, 0.717) is 23.1 Å². The average molecular weight is 267 g/mol. The lowest BCUT2D eigenvalue weighted by Crippen LogP contribution is -2.28. The van der Waals surface area contributed by atoms with Gasteiger partial charge in [0.2, 0.25) is 0 Å². The van der Waals surface area contributed by atoms with Gasteiger partial charge in [-0.3, -0.25) is 9.89 Å². The molecule has 0 aliphatic heterocycles. The molecule has 0 aliphatic rings. The Bertz CT molecular complexity index is 498. The molecule has 2 rings (SSSR count). The van der Waals surface area contributed by atoms with Crippen molar-refractivity contribution in [3.63, 3.8) is 0 Å². The van der Waals surface area contributed by atoms with Crippen molar-refractivity contribution in [1.82, 2.24) is 20.5 Å². The summed E-state index contributed by atoms with van der Waals surface area (Å²) in [5.41, 5.74) is 0. The molecule has 0 bridgehead atoms. The Balaban J connectivity index is 1.73. The molecule has 6 nitrogen and oxygen atoms in total. The molecule has 0 saturated carbocycles. The number of halogens is 1. The molecule has 0 radical (unpaired) electrons. The molecule has 2 N–H and O–H groups in total. The molecule has 18 heavy (non-hydrogen) atoms. The summed E-state index contributed by atoms with van der Waals surface area (Å²) in [5.74, 6) is 0.949. The SMILES string of the molecule is O=C(COc1ccc(Cl)cc1)NCc1ncn[nH]1. The highest BCUT2D eigenvalue weighted by Gasteiger charge is 2.03. The fourth-order valence-corrected chi connectivity index (χ4v) is 1.36. The molecule has 2 aromatic rings. The van der Waals surface area contributed by atoms with Crippen LogP contribution in [0.3, 0.4) is 0 Å². The maximum absolute atomic E-state index is 11.5. The maximum atomic E-state index is 11.5. The number of nitrogens with one attached hydrogen (secondary N) is 2. The van der Waals surface area contributed by atoms with Gasteiger partial charge in [-0.05, 0) is 24.3 Å². The molecule has 1 aromatic heterocycles. The molecule has 0 aliphatic carbocycles. The van der Waals surface area contributed by atoms with Crippen molar-refractivity contribution in [3.8, 4) is 5.75 Å². The first-order chi connectivity index (χ1) is 8.74. The number of H-pyrrole nitrogens is 1. The Morgan fingerprint density at radius 1 is 1.39 bits per heavy atom. The summed E-state index contributed by atoms with van der Waals surface area (Å²) < 4.78 is 5.28. The Morgan fingerprint density at radius 2 is 2.17 bits per heavy atom. The van der Waals surface area contributed by atoms with E-state index in [1.807, 2.05) is 0 Å². The highest BCUT2D eigenvalue weighted by Crippen LogP contribution is 2.15. The number of carbonyl (C=O) groups is 1. The number of hydrogen-bond donors (Lipinski definition) is 2. The van der Waals surface area contributed by atoms with Gasteiger partial charge in [0.15, 0.2) is 6.61 Å². The predicted octanol–water partition coefficient (Wildman–Crippen LogP) is 1.15. The minimum Gasteiger partial charge on any atom is -0.484 e. The molecule has 1 aromatic carbocycles. The number of aromatic nitrogens is 3. The van der Waals surface area contributed by atoms with Crippen LogP contribution in [0.1, 0.15) is 5.82 Å². The van der Waals surface area contributed by atoms with Crippen LogP contribution in [0.2, 0.25) is 5.02 Å². The first-order valence-electron chi connectivity index (χ1n) is 5.23. The maximum Gasteiger partial charge on any atom is 0.258 e. The van der Waals surface area contributed by atoms with Crippen LogP contribution in [-0.4, -0.2) is 27.7 Å². The summed E-state index contributed by atoms with van der Waals surface area (Å²) in [5, 5.41) is 9.58. The van der Waals surface area contributed by atoms with E-state index in [4.69, 9.17) is 16.3 Å². The van der Waals surface area contributed by atoms with Crippen LogP contribution < -0.4 is 10.1 Å². The van der Waals surface area contributed by atoms with Gasteiger partial charge in [0, 0.05) is 5.02 Å². The van der Waals surface area contributed by atoms with Crippen molar-refractivity contribution in [2.75, 3.05) is 6.61 Å². The minimum absolute atomic E-state index is 0.0598. The van der Waals surface area contributed by atoms with Crippen LogP contribution in [-0.2, 0) is 11.3 Å². The zero-order valence-electron chi connectivity index (χ0n) is 9.39. The van der Waals surface area contributed by atoms with Gasteiger partial charge in [-0.1, -0.05) is 11.6 Å². The highest BCUT2D eigenvalue weighted by atomic mass is 35.5. The van der Waals surface area contributed by atoms with Crippen molar-refractivity contribution in [1.29, 1.82) is 0 Å². The fraction of sp³-hybridized carbons (Fsp3) is 0.182. The van der Waals surface area contributed by atoms with Gasteiger partial charge in [0.25, 0.3) is 5.91 Å². The third-order valence-electron chi connectivity index (χ3n) is 2.10. The Hall–Kier alpha value is -2.08. The number of ether oxygens (including phenoxy) is 1. The van der Waals surface area contributed by atoms with Gasteiger partial charge in [0.05, 0.1) is 6.54 Å². The lowest BCUT2D eigenvalue weighted by Gasteiger charge is -2.06. The van der Waals surface area contributed by atoms with Crippen molar-refractivity contribution < 1.29 is 9.53 Å². The first-order valence-corrected chi connectivity index (χ1v) is 5.61. The molecule has 1 amide bonds. The quantitative estimate of drug-likeness (QED) is 0.851. The van der Waals surface area contributed by atoms with Gasteiger partial charge in [-0.25, -0.2) is 4.98 Å². The summed E-state index contributed by atoms with van der Waals surface area (Å²) >= 11 is 5.73. The minimum atomic E-state index is -0.235. The molecule has 0 fully saturated rings. The second kappa shape index (κ2) is 6.02. The average Bonchev–Trinajstić information content (AvgIpc) is 2.89. The van der Waals surface area contributed by atoms with Crippen LogP contribution in [0.5, 0.6) is 5.75 Å². The predicted molar refractivity (Wildman–Crippen MR) is 65.2 cm³/mol. The van der Waals surface area contributed by atoms with Gasteiger partial charge >= 0.3 is 0 Å². The molecular formula is C11H11ClN4O2. The van der Waals surface area contributed by atoms with E-state index >= 15 is 0 Å². The lowest BCUT2D eigenvalue weighted by molar-refractivity contribution is -0.123. The molecule has 1 heterocycles. The normalized spacial score (nSPS) is 10.1. The monoisotopic (exact) mass is 266 g/mol. The smallest absolute Gasteiger partial charge is 0.258 e. The number of amides is 1. The molecule has 7 heteroatoms. The summed E-state index contributed by atoms with van der Waals surface area (Å²) in [6, 6.07) is 6.80. The van der Waals surface area contributed by atoms with E-state index < -0.39 is 0 Å². The van der Waals surface area contributed by atoms with Crippen molar-refractivity contribution in [2.24, 2.45) is 0 Å². The van der Waals surface area contributed by atoms with Gasteiger partial charge in [0.1, 0.15) is 17.9 Å². The third kappa shape index (κ3) is 3.74. The van der Waals surface area contributed by atoms with Crippen LogP contribution >= 0.6 is 11.6 Å². The van der Waals surface area contributed by atoms with Gasteiger partial charge in [-0.15, -0.1) is 0 Å². The van der Waals surface area contributed by atoms with Crippen molar-refractivity contribution >= 4 is 17.5 Å². The zero-order chi connectivity index (χ0) is 12.8. The summed E-state index contributed by atoms with van der Waals surface area (Å²) in [6.07, 6.45) is 1.38. The summed E-state index contributed by atoms with van der Waals surface area (Å²) in [6.45, 7) is 0.235. The molecular weight excluding hydrogens is 256 g/mol. The van der Waals surface area contributed by atoms with E-state index in [0.717, 1.165) is 0 Å². The molecule has 0 atom stereocenters. The molecule has 0 saturated heterocycles. The van der Waals surface area contributed by atoms with E-state index in [-0.39, 0.29) is 12.5 Å². The van der Waals surface area contributed by atoms with Gasteiger partial charge in [-0.2, -0.15) is 5.10 Å². The van der Waals surface area contributed by atoms with E-state index in [9.17, 15) is 4.79 Å². The highest BCUT2D eigenvalue weighted by molar-refractivity contribution is 6.30. The number of rotatable bonds is 5. The second-order valence-electron chi connectivity index (χ2n) is 3.45. The summed E-state index contributed by atoms with van der Waals surface area (Å²) in [7, 11) is 0. The third-order valence-corrected chi connectivity index (χ3v) is 2.35. The van der Waals surface area contributed by atoms with E-state index in [1.165, 1.54) is 6.33 Å². The zero-order valence-corrected chi connectivity index (χ0v) is 10.1. The number of carbonyl (C=O) groups excluding carboxylic acids is 1. The van der Waals surface area contributed by atoms with Crippen LogP contribution in [0.4, 0.5) is 0 Å². The largest absolute Gasteiger partial charge is 0.484 e. The number of aromatic amines is 1. The van der Waals surface area contributed by atoms with Crippen molar-refractivity contribution in [3.05, 3.63) is 41.4 Å². The Kier molecular flexibility index (Phi) is 4.14. The van der Waals surface area contributed by atoms with Crippen LogP contribution in [0.25, 0.3) is 0 Å². The Labute approximate surface area is 108 Å². The molecule has 0 spiro atoms. The molecule has 94 valence electrons. The summed E-state index contributed by atoms with van der Waals surface area (Å²) in [4.78, 5) is 15.3. The Morgan fingerprint density at radius 3 is 2.83 bits per heavy atom. The standard InChI is InChI=1S/C11H11ClN4O2/c12-8-1-3-9(4-2-8)18-6-11(17)13-5-10-14-7-15-16-10/h1-4,7H,5-6H2,(H,13,17)(H,14,15,16). The van der Waals surface area contributed by atoms with Crippen LogP contribution in [0, 0.1) is 0 Å². The number of nitrogens with zero attached hydrogens (tertiary/aromatic N) is 2. The number of benzene rings is 1. The fourth-order valence-electron chi connectivity index (χ4n) is 1.23. The van der Waals surface area contributed by atoms with E-state index in [2.05, 4.69) is 20.5 Å². The second-order valence-corrected chi connectivity index (χ2v) is 3.89. The molecule has 0 unspecified atom stereocenters. The van der Waals surface area contributed by atoms with Crippen LogP contribution in [0.15, 0.2) is 30.6 Å².